The van der Waals surface area contributed by atoms with Gasteiger partial charge in [-0.15, -0.1) is 0 Å². The van der Waals surface area contributed by atoms with Gasteiger partial charge in [0.1, 0.15) is 11.5 Å². The summed E-state index contributed by atoms with van der Waals surface area (Å²) in [5.41, 5.74) is 7.28. The number of pyridine rings is 1. The maximum absolute atomic E-state index is 5.96. The number of rotatable bonds is 6. The molecule has 0 fully saturated rings. The van der Waals surface area contributed by atoms with Crippen LogP contribution in [0.1, 0.15) is 13.8 Å². The van der Waals surface area contributed by atoms with Gasteiger partial charge in [0.15, 0.2) is 5.82 Å². The van der Waals surface area contributed by atoms with Crippen molar-refractivity contribution in [1.29, 1.82) is 0 Å². The molecule has 0 spiro atoms. The van der Waals surface area contributed by atoms with Crippen LogP contribution in [0.25, 0.3) is 0 Å². The molecule has 0 saturated heterocycles. The number of benzene rings is 1. The molecule has 2 rings (SSSR count). The number of nitrogens with one attached hydrogen (secondary N) is 1. The van der Waals surface area contributed by atoms with Crippen molar-refractivity contribution in [3.8, 4) is 11.5 Å². The SMILES string of the molecule is CCOc1ccc(OCC)c(Nc2ncc(Br)cc2N)c1. The molecule has 0 amide bonds. The lowest BCUT2D eigenvalue weighted by Gasteiger charge is -2.15. The predicted molar refractivity (Wildman–Crippen MR) is 88.4 cm³/mol. The standard InChI is InChI=1S/C15H18BrN3O2/c1-3-20-11-5-6-14(21-4-2)13(8-11)19-15-12(17)7-10(16)9-18-15/h5-9H,3-4,17H2,1-2H3,(H,18,19). The Hall–Kier alpha value is -1.95. The maximum Gasteiger partial charge on any atom is 0.153 e. The third-order valence-corrected chi connectivity index (χ3v) is 3.13. The first-order valence-corrected chi connectivity index (χ1v) is 7.51. The lowest BCUT2D eigenvalue weighted by atomic mass is 10.2. The second-order valence-electron chi connectivity index (χ2n) is 4.24. The van der Waals surface area contributed by atoms with Crippen LogP contribution < -0.4 is 20.5 Å². The Bertz CT molecular complexity index is 620. The van der Waals surface area contributed by atoms with Crippen molar-refractivity contribution in [3.05, 3.63) is 34.9 Å². The molecule has 0 saturated carbocycles. The molecular formula is C15H18BrN3O2. The van der Waals surface area contributed by atoms with Crippen molar-refractivity contribution >= 4 is 33.1 Å². The summed E-state index contributed by atoms with van der Waals surface area (Å²) in [5, 5.41) is 3.19. The van der Waals surface area contributed by atoms with Gasteiger partial charge in [-0.05, 0) is 48.0 Å². The third kappa shape index (κ3) is 4.01. The monoisotopic (exact) mass is 351 g/mol. The molecule has 1 aromatic carbocycles. The third-order valence-electron chi connectivity index (χ3n) is 2.70. The van der Waals surface area contributed by atoms with Crippen LogP contribution in [0.4, 0.5) is 17.2 Å². The van der Waals surface area contributed by atoms with Crippen LogP contribution in [-0.4, -0.2) is 18.2 Å². The summed E-state index contributed by atoms with van der Waals surface area (Å²) in [6.07, 6.45) is 1.69. The first kappa shape index (κ1) is 15.4. The van der Waals surface area contributed by atoms with Crippen molar-refractivity contribution in [2.45, 2.75) is 13.8 Å². The van der Waals surface area contributed by atoms with Gasteiger partial charge in [0.05, 0.1) is 24.6 Å². The Kier molecular flexibility index (Phi) is 5.27. The van der Waals surface area contributed by atoms with Gasteiger partial charge in [-0.25, -0.2) is 4.98 Å². The van der Waals surface area contributed by atoms with E-state index < -0.39 is 0 Å². The minimum Gasteiger partial charge on any atom is -0.494 e. The quantitative estimate of drug-likeness (QED) is 0.823. The van der Waals surface area contributed by atoms with Gasteiger partial charge in [-0.3, -0.25) is 0 Å². The highest BCUT2D eigenvalue weighted by atomic mass is 79.9. The van der Waals surface area contributed by atoms with Crippen molar-refractivity contribution in [2.75, 3.05) is 24.3 Å². The van der Waals surface area contributed by atoms with E-state index in [0.29, 0.717) is 24.7 Å². The van der Waals surface area contributed by atoms with E-state index in [1.807, 2.05) is 32.0 Å². The fourth-order valence-electron chi connectivity index (χ4n) is 1.83. The molecule has 0 aliphatic rings. The molecule has 0 radical (unpaired) electrons. The van der Waals surface area contributed by atoms with Crippen molar-refractivity contribution in [3.63, 3.8) is 0 Å². The van der Waals surface area contributed by atoms with Crippen LogP contribution in [0.15, 0.2) is 34.9 Å². The number of aromatic nitrogens is 1. The number of nitrogen functional groups attached to an aromatic ring is 1. The molecule has 1 heterocycles. The van der Waals surface area contributed by atoms with Gasteiger partial charge in [-0.1, -0.05) is 0 Å². The number of hydrogen-bond acceptors (Lipinski definition) is 5. The molecule has 0 bridgehead atoms. The Labute approximate surface area is 132 Å². The van der Waals surface area contributed by atoms with Gasteiger partial charge >= 0.3 is 0 Å². The maximum atomic E-state index is 5.96. The fourth-order valence-corrected chi connectivity index (χ4v) is 2.18. The number of nitrogens with two attached hydrogens (primary N) is 1. The summed E-state index contributed by atoms with van der Waals surface area (Å²) in [7, 11) is 0. The summed E-state index contributed by atoms with van der Waals surface area (Å²) in [6.45, 7) is 5.06. The topological polar surface area (TPSA) is 69.4 Å². The number of hydrogen-bond donors (Lipinski definition) is 2. The molecule has 2 aromatic rings. The summed E-state index contributed by atoms with van der Waals surface area (Å²) < 4.78 is 12.0. The second-order valence-corrected chi connectivity index (χ2v) is 5.16. The zero-order valence-electron chi connectivity index (χ0n) is 12.0. The van der Waals surface area contributed by atoms with E-state index in [0.717, 1.165) is 21.7 Å². The molecule has 5 nitrogen and oxygen atoms in total. The van der Waals surface area contributed by atoms with E-state index in [1.165, 1.54) is 0 Å². The highest BCUT2D eigenvalue weighted by Gasteiger charge is 2.09. The summed E-state index contributed by atoms with van der Waals surface area (Å²) in [4.78, 5) is 4.27. The average Bonchev–Trinajstić information content (AvgIpc) is 2.45. The second kappa shape index (κ2) is 7.17. The Morgan fingerprint density at radius 2 is 1.95 bits per heavy atom. The summed E-state index contributed by atoms with van der Waals surface area (Å²) in [5.74, 6) is 2.07. The molecule has 0 aliphatic heterocycles. The van der Waals surface area contributed by atoms with Gasteiger partial charge in [-0.2, -0.15) is 0 Å². The lowest BCUT2D eigenvalue weighted by Crippen LogP contribution is -2.03. The summed E-state index contributed by atoms with van der Waals surface area (Å²) >= 11 is 3.34. The van der Waals surface area contributed by atoms with Crippen LogP contribution in [0.2, 0.25) is 0 Å². The van der Waals surface area contributed by atoms with Crippen LogP contribution in [-0.2, 0) is 0 Å². The molecular weight excluding hydrogens is 334 g/mol. The molecule has 3 N–H and O–H groups in total. The number of halogens is 1. The molecule has 0 unspecified atom stereocenters. The molecule has 0 aliphatic carbocycles. The van der Waals surface area contributed by atoms with E-state index in [9.17, 15) is 0 Å². The van der Waals surface area contributed by atoms with E-state index in [1.54, 1.807) is 12.3 Å². The molecule has 0 atom stereocenters. The minimum absolute atomic E-state index is 0.550. The van der Waals surface area contributed by atoms with Gasteiger partial charge in [0, 0.05) is 16.7 Å². The van der Waals surface area contributed by atoms with Crippen molar-refractivity contribution in [2.24, 2.45) is 0 Å². The van der Waals surface area contributed by atoms with Crippen molar-refractivity contribution < 1.29 is 9.47 Å². The Morgan fingerprint density at radius 3 is 2.62 bits per heavy atom. The van der Waals surface area contributed by atoms with Crippen LogP contribution >= 0.6 is 15.9 Å². The van der Waals surface area contributed by atoms with Crippen LogP contribution in [0, 0.1) is 0 Å². The number of nitrogens with zero attached hydrogens (tertiary/aromatic N) is 1. The molecule has 6 heteroatoms. The average molecular weight is 352 g/mol. The van der Waals surface area contributed by atoms with E-state index in [4.69, 9.17) is 15.2 Å². The van der Waals surface area contributed by atoms with Crippen molar-refractivity contribution in [1.82, 2.24) is 4.98 Å². The fraction of sp³-hybridized carbons (Fsp3) is 0.267. The predicted octanol–water partition coefficient (Wildman–Crippen LogP) is 3.97. The van der Waals surface area contributed by atoms with Crippen LogP contribution in [0.3, 0.4) is 0 Å². The van der Waals surface area contributed by atoms with Gasteiger partial charge in [0.2, 0.25) is 0 Å². The highest BCUT2D eigenvalue weighted by molar-refractivity contribution is 9.10. The first-order chi connectivity index (χ1) is 10.1. The highest BCUT2D eigenvalue weighted by Crippen LogP contribution is 2.33. The smallest absolute Gasteiger partial charge is 0.153 e. The molecule has 112 valence electrons. The van der Waals surface area contributed by atoms with Gasteiger partial charge < -0.3 is 20.5 Å². The lowest BCUT2D eigenvalue weighted by molar-refractivity contribution is 0.332. The van der Waals surface area contributed by atoms with Gasteiger partial charge in [0.25, 0.3) is 0 Å². The Balaban J connectivity index is 2.33. The number of anilines is 3. The summed E-state index contributed by atoms with van der Waals surface area (Å²) in [6, 6.07) is 7.41. The van der Waals surface area contributed by atoms with E-state index >= 15 is 0 Å². The van der Waals surface area contributed by atoms with E-state index in [-0.39, 0.29) is 0 Å². The minimum atomic E-state index is 0.550. The van der Waals surface area contributed by atoms with Crippen LogP contribution in [0.5, 0.6) is 11.5 Å². The largest absolute Gasteiger partial charge is 0.494 e. The zero-order chi connectivity index (χ0) is 15.2. The Morgan fingerprint density at radius 1 is 1.19 bits per heavy atom. The first-order valence-electron chi connectivity index (χ1n) is 6.71. The molecule has 1 aromatic heterocycles. The number of ether oxygens (including phenoxy) is 2. The normalized spacial score (nSPS) is 10.2. The molecule has 21 heavy (non-hydrogen) atoms. The van der Waals surface area contributed by atoms with E-state index in [2.05, 4.69) is 26.2 Å². The zero-order valence-corrected chi connectivity index (χ0v) is 13.6.